The van der Waals surface area contributed by atoms with Crippen LogP contribution >= 0.6 is 24.0 Å². The van der Waals surface area contributed by atoms with Crippen molar-refractivity contribution in [2.45, 2.75) is 20.4 Å². The summed E-state index contributed by atoms with van der Waals surface area (Å²) in [4.78, 5) is 20.0. The van der Waals surface area contributed by atoms with E-state index >= 15 is 0 Å². The highest BCUT2D eigenvalue weighted by molar-refractivity contribution is 14.0. The molecule has 25 heavy (non-hydrogen) atoms. The Hall–Kier alpha value is -2.17. The number of rotatable bonds is 5. The zero-order valence-corrected chi connectivity index (χ0v) is 17.2. The lowest BCUT2D eigenvalue weighted by Gasteiger charge is -2.12. The third-order valence-electron chi connectivity index (χ3n) is 3.68. The van der Waals surface area contributed by atoms with Crippen LogP contribution in [0.4, 0.5) is 5.69 Å². The lowest BCUT2D eigenvalue weighted by Crippen LogP contribution is -2.41. The number of nitrogens with one attached hydrogen (secondary N) is 3. The van der Waals surface area contributed by atoms with Crippen LogP contribution in [0.15, 0.2) is 29.5 Å². The van der Waals surface area contributed by atoms with E-state index in [1.165, 1.54) is 0 Å². The molecule has 0 aliphatic rings. The predicted octanol–water partition coefficient (Wildman–Crippen LogP) is 1.35. The van der Waals surface area contributed by atoms with Crippen molar-refractivity contribution in [2.24, 2.45) is 12.0 Å². The van der Waals surface area contributed by atoms with Crippen LogP contribution in [0, 0.1) is 13.8 Å². The van der Waals surface area contributed by atoms with Crippen molar-refractivity contribution < 1.29 is 4.79 Å². The van der Waals surface area contributed by atoms with E-state index in [9.17, 15) is 4.79 Å². The molecule has 136 valence electrons. The van der Waals surface area contributed by atoms with E-state index in [4.69, 9.17) is 0 Å². The number of carbonyl (C=O) groups excluding carboxylic acids is 1. The second-order valence-corrected chi connectivity index (χ2v) is 5.34. The number of hydrogen-bond donors (Lipinski definition) is 3. The van der Waals surface area contributed by atoms with Gasteiger partial charge in [-0.1, -0.05) is 0 Å². The molecule has 0 spiro atoms. The van der Waals surface area contributed by atoms with E-state index in [0.717, 1.165) is 17.0 Å². The average molecular weight is 457 g/mol. The van der Waals surface area contributed by atoms with Gasteiger partial charge in [-0.15, -0.1) is 24.0 Å². The molecule has 0 radical (unpaired) electrons. The quantitative estimate of drug-likeness (QED) is 0.358. The molecule has 0 aromatic carbocycles. The highest BCUT2D eigenvalue weighted by Gasteiger charge is 2.10. The van der Waals surface area contributed by atoms with Gasteiger partial charge in [0.05, 0.1) is 24.1 Å². The Bertz CT molecular complexity index is 728. The minimum absolute atomic E-state index is 0. The number of anilines is 1. The summed E-state index contributed by atoms with van der Waals surface area (Å²) in [5.41, 5.74) is 3.87. The summed E-state index contributed by atoms with van der Waals surface area (Å²) >= 11 is 0. The monoisotopic (exact) mass is 457 g/mol. The Morgan fingerprint density at radius 1 is 1.32 bits per heavy atom. The van der Waals surface area contributed by atoms with Crippen LogP contribution in [-0.2, 0) is 18.4 Å². The van der Waals surface area contributed by atoms with Gasteiger partial charge >= 0.3 is 0 Å². The number of carbonyl (C=O) groups is 1. The van der Waals surface area contributed by atoms with Crippen molar-refractivity contribution in [1.82, 2.24) is 25.4 Å². The molecule has 2 heterocycles. The van der Waals surface area contributed by atoms with Gasteiger partial charge in [-0.05, 0) is 26.0 Å². The molecule has 2 aromatic heterocycles. The van der Waals surface area contributed by atoms with E-state index in [0.29, 0.717) is 18.2 Å². The molecule has 3 N–H and O–H groups in total. The number of aryl methyl sites for hydroxylation is 2. The van der Waals surface area contributed by atoms with Crippen LogP contribution in [0.5, 0.6) is 0 Å². The summed E-state index contributed by atoms with van der Waals surface area (Å²) < 4.78 is 1.85. The molecule has 1 amide bonds. The number of nitrogens with zero attached hydrogens (tertiary/aromatic N) is 4. The summed E-state index contributed by atoms with van der Waals surface area (Å²) in [6, 6.07) is 3.55. The van der Waals surface area contributed by atoms with E-state index in [1.54, 1.807) is 31.6 Å². The maximum atomic E-state index is 11.9. The van der Waals surface area contributed by atoms with E-state index in [1.807, 2.05) is 25.6 Å². The van der Waals surface area contributed by atoms with Crippen molar-refractivity contribution in [3.8, 4) is 0 Å². The Kier molecular flexibility index (Phi) is 8.32. The molecule has 0 bridgehead atoms. The molecule has 2 aromatic rings. The molecule has 0 aliphatic carbocycles. The van der Waals surface area contributed by atoms with Crippen molar-refractivity contribution in [2.75, 3.05) is 18.9 Å². The van der Waals surface area contributed by atoms with Crippen LogP contribution in [0.3, 0.4) is 0 Å². The van der Waals surface area contributed by atoms with Crippen molar-refractivity contribution in [3.63, 3.8) is 0 Å². The van der Waals surface area contributed by atoms with Crippen LogP contribution in [-0.4, -0.2) is 40.2 Å². The molecular formula is C16H24IN7O. The van der Waals surface area contributed by atoms with Gasteiger partial charge in [0.2, 0.25) is 5.91 Å². The molecule has 0 atom stereocenters. The first-order chi connectivity index (χ1) is 11.5. The molecule has 0 fully saturated rings. The fourth-order valence-corrected chi connectivity index (χ4v) is 2.27. The van der Waals surface area contributed by atoms with E-state index in [2.05, 4.69) is 31.0 Å². The number of hydrogen-bond acceptors (Lipinski definition) is 4. The summed E-state index contributed by atoms with van der Waals surface area (Å²) in [6.07, 6.45) is 3.25. The van der Waals surface area contributed by atoms with E-state index < -0.39 is 0 Å². The number of amides is 1. The summed E-state index contributed by atoms with van der Waals surface area (Å²) in [5.74, 6) is 0.388. The van der Waals surface area contributed by atoms with Crippen LogP contribution < -0.4 is 16.0 Å². The molecular weight excluding hydrogens is 433 g/mol. The second kappa shape index (κ2) is 9.97. The molecule has 8 nitrogen and oxygen atoms in total. The Balaban J connectivity index is 0.00000312. The molecule has 2 rings (SSSR count). The van der Waals surface area contributed by atoms with E-state index in [-0.39, 0.29) is 36.4 Å². The fraction of sp³-hybridized carbons (Fsp3) is 0.375. The first-order valence-electron chi connectivity index (χ1n) is 7.64. The Morgan fingerprint density at radius 2 is 2.08 bits per heavy atom. The van der Waals surface area contributed by atoms with Crippen LogP contribution in [0.1, 0.15) is 17.0 Å². The number of pyridine rings is 1. The maximum Gasteiger partial charge on any atom is 0.243 e. The Labute approximate surface area is 164 Å². The number of guanidine groups is 1. The summed E-state index contributed by atoms with van der Waals surface area (Å²) in [7, 11) is 3.58. The molecule has 0 saturated heterocycles. The van der Waals surface area contributed by atoms with Gasteiger partial charge in [0, 0.05) is 38.1 Å². The highest BCUT2D eigenvalue weighted by Crippen LogP contribution is 2.10. The average Bonchev–Trinajstić information content (AvgIpc) is 2.81. The fourth-order valence-electron chi connectivity index (χ4n) is 2.27. The van der Waals surface area contributed by atoms with Crippen LogP contribution in [0.2, 0.25) is 0 Å². The second-order valence-electron chi connectivity index (χ2n) is 5.34. The van der Waals surface area contributed by atoms with Crippen LogP contribution in [0.25, 0.3) is 0 Å². The molecule has 0 aliphatic heterocycles. The van der Waals surface area contributed by atoms with Gasteiger partial charge in [-0.25, -0.2) is 0 Å². The van der Waals surface area contributed by atoms with Crippen molar-refractivity contribution in [1.29, 1.82) is 0 Å². The highest BCUT2D eigenvalue weighted by atomic mass is 127. The van der Waals surface area contributed by atoms with Gasteiger partial charge in [0.15, 0.2) is 5.96 Å². The molecule has 0 saturated carbocycles. The lowest BCUT2D eigenvalue weighted by atomic mass is 10.2. The van der Waals surface area contributed by atoms with Gasteiger partial charge in [-0.2, -0.15) is 5.10 Å². The number of aliphatic imine (C=N–C) groups is 1. The molecule has 0 unspecified atom stereocenters. The minimum atomic E-state index is -0.167. The lowest BCUT2D eigenvalue weighted by molar-refractivity contribution is -0.115. The third-order valence-corrected chi connectivity index (χ3v) is 3.68. The Morgan fingerprint density at radius 3 is 2.64 bits per heavy atom. The first-order valence-corrected chi connectivity index (χ1v) is 7.64. The summed E-state index contributed by atoms with van der Waals surface area (Å²) in [5, 5.41) is 13.3. The smallest absolute Gasteiger partial charge is 0.243 e. The van der Waals surface area contributed by atoms with Gasteiger partial charge in [0.1, 0.15) is 0 Å². The first kappa shape index (κ1) is 20.9. The topological polar surface area (TPSA) is 96.2 Å². The largest absolute Gasteiger partial charge is 0.352 e. The maximum absolute atomic E-state index is 11.9. The number of halogens is 1. The van der Waals surface area contributed by atoms with Gasteiger partial charge in [0.25, 0.3) is 0 Å². The normalized spacial score (nSPS) is 10.8. The minimum Gasteiger partial charge on any atom is -0.352 e. The van der Waals surface area contributed by atoms with Gasteiger partial charge < -0.3 is 16.0 Å². The van der Waals surface area contributed by atoms with Crippen molar-refractivity contribution in [3.05, 3.63) is 41.5 Å². The predicted molar refractivity (Wildman–Crippen MR) is 109 cm³/mol. The van der Waals surface area contributed by atoms with Gasteiger partial charge in [-0.3, -0.25) is 19.5 Å². The zero-order chi connectivity index (χ0) is 17.5. The standard InChI is InChI=1S/C16H23N7O.HI/c1-11-14(12(2)23(4)22-11)9-19-16(17-3)20-10-15(24)21-13-6-5-7-18-8-13;/h5-8H,9-10H2,1-4H3,(H,21,24)(H2,17,19,20);1H. The number of aromatic nitrogens is 3. The zero-order valence-electron chi connectivity index (χ0n) is 14.8. The third kappa shape index (κ3) is 6.00. The summed E-state index contributed by atoms with van der Waals surface area (Å²) in [6.45, 7) is 4.70. The van der Waals surface area contributed by atoms with Crippen molar-refractivity contribution >= 4 is 41.5 Å². The molecule has 9 heteroatoms. The SMILES string of the molecule is CN=C(NCC(=O)Nc1cccnc1)NCc1c(C)nn(C)c1C.I.